The third kappa shape index (κ3) is 3.20. The molecule has 0 saturated carbocycles. The van der Waals surface area contributed by atoms with Crippen molar-refractivity contribution in [3.05, 3.63) is 0 Å². The molecule has 0 aromatic heterocycles. The first kappa shape index (κ1) is 8.29. The molecule has 0 aromatic rings. The van der Waals surface area contributed by atoms with Crippen LogP contribution in [-0.2, 0) is 9.47 Å². The second kappa shape index (κ2) is 4.15. The maximum absolute atomic E-state index is 10.2. The van der Waals surface area contributed by atoms with E-state index >= 15 is 0 Å². The van der Waals surface area contributed by atoms with Gasteiger partial charge >= 0.3 is 6.09 Å². The lowest BCUT2D eigenvalue weighted by Crippen LogP contribution is -2.44. The third-order valence-electron chi connectivity index (χ3n) is 1.43. The number of morpholine rings is 1. The molecule has 1 aliphatic rings. The number of rotatable bonds is 2. The topological polar surface area (TPSA) is 73.6 Å². The number of carbonyl (C=O) groups is 1. The van der Waals surface area contributed by atoms with Crippen molar-refractivity contribution in [2.75, 3.05) is 26.4 Å². The Labute approximate surface area is 64.8 Å². The zero-order valence-corrected chi connectivity index (χ0v) is 6.21. The number of nitrogens with two attached hydrogens (primary N) is 1. The second-order valence-corrected chi connectivity index (χ2v) is 2.36. The van der Waals surface area contributed by atoms with Gasteiger partial charge in [0.05, 0.1) is 19.3 Å². The van der Waals surface area contributed by atoms with Gasteiger partial charge < -0.3 is 20.5 Å². The van der Waals surface area contributed by atoms with Crippen LogP contribution >= 0.6 is 0 Å². The van der Waals surface area contributed by atoms with Crippen molar-refractivity contribution in [3.8, 4) is 0 Å². The van der Waals surface area contributed by atoms with Gasteiger partial charge in [-0.2, -0.15) is 0 Å². The first-order valence-electron chi connectivity index (χ1n) is 3.52. The number of primary amides is 1. The van der Waals surface area contributed by atoms with Gasteiger partial charge in [0.2, 0.25) is 0 Å². The Hall–Kier alpha value is -0.810. The zero-order chi connectivity index (χ0) is 8.10. The molecule has 1 aliphatic heterocycles. The van der Waals surface area contributed by atoms with Gasteiger partial charge in [-0.1, -0.05) is 0 Å². The standard InChI is InChI=1S/C6H12N2O3/c7-6(9)11-4-5-3-10-2-1-8-5/h5,8H,1-4H2,(H2,7,9). The van der Waals surface area contributed by atoms with E-state index in [1.54, 1.807) is 0 Å². The van der Waals surface area contributed by atoms with E-state index in [0.717, 1.165) is 6.54 Å². The molecule has 1 atom stereocenters. The van der Waals surface area contributed by atoms with Gasteiger partial charge in [0.1, 0.15) is 6.61 Å². The molecule has 1 heterocycles. The average molecular weight is 160 g/mol. The summed E-state index contributed by atoms with van der Waals surface area (Å²) in [7, 11) is 0. The summed E-state index contributed by atoms with van der Waals surface area (Å²) in [5.41, 5.74) is 4.78. The van der Waals surface area contributed by atoms with Gasteiger partial charge in [-0.15, -0.1) is 0 Å². The molecular formula is C6H12N2O3. The molecule has 0 spiro atoms. The minimum atomic E-state index is -0.739. The minimum absolute atomic E-state index is 0.0937. The molecule has 64 valence electrons. The van der Waals surface area contributed by atoms with Crippen LogP contribution in [0.4, 0.5) is 4.79 Å². The van der Waals surface area contributed by atoms with E-state index in [2.05, 4.69) is 10.1 Å². The summed E-state index contributed by atoms with van der Waals surface area (Å²) in [5.74, 6) is 0. The molecule has 11 heavy (non-hydrogen) atoms. The maximum atomic E-state index is 10.2. The van der Waals surface area contributed by atoms with Crippen LogP contribution in [0.25, 0.3) is 0 Å². The summed E-state index contributed by atoms with van der Waals surface area (Å²) in [6.07, 6.45) is -0.739. The van der Waals surface area contributed by atoms with E-state index < -0.39 is 6.09 Å². The molecular weight excluding hydrogens is 148 g/mol. The fourth-order valence-corrected chi connectivity index (χ4v) is 0.909. The van der Waals surface area contributed by atoms with Gasteiger partial charge in [-0.25, -0.2) is 4.79 Å². The number of hydrogen-bond donors (Lipinski definition) is 2. The van der Waals surface area contributed by atoms with Crippen LogP contribution in [0.2, 0.25) is 0 Å². The monoisotopic (exact) mass is 160 g/mol. The Balaban J connectivity index is 2.09. The van der Waals surface area contributed by atoms with Gasteiger partial charge in [-0.3, -0.25) is 0 Å². The van der Waals surface area contributed by atoms with Crippen molar-refractivity contribution in [1.82, 2.24) is 5.32 Å². The van der Waals surface area contributed by atoms with Gasteiger partial charge in [-0.05, 0) is 0 Å². The summed E-state index contributed by atoms with van der Waals surface area (Å²) < 4.78 is 9.70. The van der Waals surface area contributed by atoms with Crippen molar-refractivity contribution >= 4 is 6.09 Å². The quantitative estimate of drug-likeness (QED) is 0.547. The summed E-state index contributed by atoms with van der Waals surface area (Å²) in [4.78, 5) is 10.2. The van der Waals surface area contributed by atoms with Gasteiger partial charge in [0.25, 0.3) is 0 Å². The first-order valence-corrected chi connectivity index (χ1v) is 3.52. The highest BCUT2D eigenvalue weighted by atomic mass is 16.5. The smallest absolute Gasteiger partial charge is 0.404 e. The molecule has 1 rings (SSSR count). The Bertz CT molecular complexity index is 134. The van der Waals surface area contributed by atoms with Crippen LogP contribution in [0.15, 0.2) is 0 Å². The van der Waals surface area contributed by atoms with Crippen molar-refractivity contribution in [2.24, 2.45) is 5.73 Å². The van der Waals surface area contributed by atoms with E-state index in [1.807, 2.05) is 0 Å². The van der Waals surface area contributed by atoms with Crippen molar-refractivity contribution in [3.63, 3.8) is 0 Å². The number of nitrogens with one attached hydrogen (secondary N) is 1. The Morgan fingerprint density at radius 2 is 2.64 bits per heavy atom. The lowest BCUT2D eigenvalue weighted by molar-refractivity contribution is 0.0486. The highest BCUT2D eigenvalue weighted by molar-refractivity contribution is 5.64. The highest BCUT2D eigenvalue weighted by Gasteiger charge is 2.13. The normalized spacial score (nSPS) is 24.5. The Kier molecular flexibility index (Phi) is 3.13. The summed E-state index contributed by atoms with van der Waals surface area (Å²) >= 11 is 0. The van der Waals surface area contributed by atoms with E-state index in [0.29, 0.717) is 13.2 Å². The van der Waals surface area contributed by atoms with Crippen molar-refractivity contribution in [2.45, 2.75) is 6.04 Å². The fourth-order valence-electron chi connectivity index (χ4n) is 0.909. The van der Waals surface area contributed by atoms with Gasteiger partial charge in [0.15, 0.2) is 0 Å². The highest BCUT2D eigenvalue weighted by Crippen LogP contribution is 1.93. The molecule has 1 saturated heterocycles. The van der Waals surface area contributed by atoms with E-state index in [9.17, 15) is 4.79 Å². The Morgan fingerprint density at radius 3 is 3.18 bits per heavy atom. The summed E-state index contributed by atoms with van der Waals surface area (Å²) in [5, 5.41) is 3.12. The summed E-state index contributed by atoms with van der Waals surface area (Å²) in [6, 6.07) is 0.0937. The molecule has 5 heteroatoms. The number of ether oxygens (including phenoxy) is 2. The first-order chi connectivity index (χ1) is 5.29. The molecule has 0 bridgehead atoms. The van der Waals surface area contributed by atoms with Crippen LogP contribution < -0.4 is 11.1 Å². The lowest BCUT2D eigenvalue weighted by atomic mass is 10.3. The van der Waals surface area contributed by atoms with E-state index in [4.69, 9.17) is 10.5 Å². The van der Waals surface area contributed by atoms with Gasteiger partial charge in [0, 0.05) is 6.54 Å². The molecule has 0 aromatic carbocycles. The van der Waals surface area contributed by atoms with Crippen LogP contribution in [0.1, 0.15) is 0 Å². The van der Waals surface area contributed by atoms with E-state index in [-0.39, 0.29) is 12.6 Å². The Morgan fingerprint density at radius 1 is 1.82 bits per heavy atom. The average Bonchev–Trinajstić information content (AvgIpc) is 2.03. The molecule has 3 N–H and O–H groups in total. The molecule has 5 nitrogen and oxygen atoms in total. The predicted octanol–water partition coefficient (Wildman–Crippen LogP) is -0.930. The third-order valence-corrected chi connectivity index (χ3v) is 1.43. The van der Waals surface area contributed by atoms with Crippen molar-refractivity contribution in [1.29, 1.82) is 0 Å². The largest absolute Gasteiger partial charge is 0.448 e. The van der Waals surface area contributed by atoms with Crippen LogP contribution in [-0.4, -0.2) is 38.5 Å². The molecule has 1 fully saturated rings. The number of carbonyl (C=O) groups excluding carboxylic acids is 1. The predicted molar refractivity (Wildman–Crippen MR) is 38.1 cm³/mol. The zero-order valence-electron chi connectivity index (χ0n) is 6.21. The van der Waals surface area contributed by atoms with Crippen LogP contribution in [0.3, 0.4) is 0 Å². The second-order valence-electron chi connectivity index (χ2n) is 2.36. The fraction of sp³-hybridized carbons (Fsp3) is 0.833. The number of amides is 1. The molecule has 1 amide bonds. The van der Waals surface area contributed by atoms with E-state index in [1.165, 1.54) is 0 Å². The maximum Gasteiger partial charge on any atom is 0.404 e. The molecule has 1 unspecified atom stereocenters. The van der Waals surface area contributed by atoms with Crippen molar-refractivity contribution < 1.29 is 14.3 Å². The minimum Gasteiger partial charge on any atom is -0.448 e. The lowest BCUT2D eigenvalue weighted by Gasteiger charge is -2.22. The molecule has 0 aliphatic carbocycles. The van der Waals surface area contributed by atoms with Crippen LogP contribution in [0.5, 0.6) is 0 Å². The molecule has 0 radical (unpaired) electrons. The number of hydrogen-bond acceptors (Lipinski definition) is 4. The van der Waals surface area contributed by atoms with Crippen LogP contribution in [0, 0.1) is 0 Å². The summed E-state index contributed by atoms with van der Waals surface area (Å²) in [6.45, 7) is 2.38. The SMILES string of the molecule is NC(=O)OCC1COCCN1.